The molecule has 5 rings (SSSR count). The summed E-state index contributed by atoms with van der Waals surface area (Å²) in [5, 5.41) is 40.0. The third-order valence-electron chi connectivity index (χ3n) is 7.33. The molecule has 1 saturated carbocycles. The molecule has 158 valence electrons. The quantitative estimate of drug-likeness (QED) is 0.613. The molecule has 2 heterocycles. The highest BCUT2D eigenvalue weighted by molar-refractivity contribution is 9.10. The normalized spacial score (nSPS) is 34.3. The maximum atomic E-state index is 10.5. The molecule has 2 aromatic carbocycles. The minimum absolute atomic E-state index is 0.123. The van der Waals surface area contributed by atoms with E-state index in [0.717, 1.165) is 16.5 Å². The van der Waals surface area contributed by atoms with Crippen LogP contribution in [0.1, 0.15) is 42.4 Å². The van der Waals surface area contributed by atoms with Gasteiger partial charge in [-0.2, -0.15) is 15.8 Å². The SMILES string of the molecule is N#CC1(C#N)C(c2cccc(Br)c2)OC23CCC(c4ccccc4)CC2C1(C#N)C(=N)O3. The van der Waals surface area contributed by atoms with Crippen molar-refractivity contribution in [1.82, 2.24) is 0 Å². The van der Waals surface area contributed by atoms with Gasteiger partial charge in [0, 0.05) is 10.9 Å². The summed E-state index contributed by atoms with van der Waals surface area (Å²) in [4.78, 5) is 0. The van der Waals surface area contributed by atoms with Crippen molar-refractivity contribution in [3.63, 3.8) is 0 Å². The van der Waals surface area contributed by atoms with Gasteiger partial charge in [0.2, 0.25) is 17.1 Å². The second-order valence-corrected chi connectivity index (χ2v) is 9.60. The van der Waals surface area contributed by atoms with Crippen molar-refractivity contribution >= 4 is 21.8 Å². The zero-order chi connectivity index (χ0) is 22.6. The molecular formula is C25H19BrN4O2. The molecule has 0 amide bonds. The Morgan fingerprint density at radius 3 is 2.34 bits per heavy atom. The van der Waals surface area contributed by atoms with Gasteiger partial charge in [-0.25, -0.2) is 0 Å². The van der Waals surface area contributed by atoms with Crippen LogP contribution in [0, 0.1) is 56.2 Å². The first-order chi connectivity index (χ1) is 15.5. The minimum Gasteiger partial charge on any atom is -0.447 e. The zero-order valence-electron chi connectivity index (χ0n) is 17.1. The summed E-state index contributed by atoms with van der Waals surface area (Å²) in [5.74, 6) is -2.02. The third-order valence-corrected chi connectivity index (χ3v) is 7.83. The molecule has 3 fully saturated rings. The van der Waals surface area contributed by atoms with E-state index in [1.807, 2.05) is 36.4 Å². The molecule has 0 spiro atoms. The highest BCUT2D eigenvalue weighted by Gasteiger charge is 2.81. The molecule has 5 unspecified atom stereocenters. The smallest absolute Gasteiger partial charge is 0.217 e. The number of halogens is 1. The number of hydrogen-bond acceptors (Lipinski definition) is 6. The Labute approximate surface area is 194 Å². The van der Waals surface area contributed by atoms with Crippen molar-refractivity contribution in [2.24, 2.45) is 16.7 Å². The Balaban J connectivity index is 1.69. The Morgan fingerprint density at radius 1 is 0.969 bits per heavy atom. The summed E-state index contributed by atoms with van der Waals surface area (Å²) >= 11 is 3.44. The average molecular weight is 487 g/mol. The molecule has 0 radical (unpaired) electrons. The van der Waals surface area contributed by atoms with Gasteiger partial charge < -0.3 is 9.47 Å². The van der Waals surface area contributed by atoms with Crippen molar-refractivity contribution in [3.8, 4) is 18.2 Å². The van der Waals surface area contributed by atoms with E-state index in [1.54, 1.807) is 18.2 Å². The first kappa shape index (κ1) is 20.7. The topological polar surface area (TPSA) is 114 Å². The number of ether oxygens (including phenoxy) is 2. The number of rotatable bonds is 2. The lowest BCUT2D eigenvalue weighted by Gasteiger charge is -2.52. The first-order valence-corrected chi connectivity index (χ1v) is 11.3. The summed E-state index contributed by atoms with van der Waals surface area (Å²) in [6, 6.07) is 23.7. The fourth-order valence-electron chi connectivity index (χ4n) is 5.84. The highest BCUT2D eigenvalue weighted by atomic mass is 79.9. The van der Waals surface area contributed by atoms with Gasteiger partial charge in [-0.05, 0) is 42.0 Å². The number of hydrogen-bond donors (Lipinski definition) is 1. The molecule has 3 aliphatic rings. The predicted molar refractivity (Wildman–Crippen MR) is 118 cm³/mol. The summed E-state index contributed by atoms with van der Waals surface area (Å²) in [5.41, 5.74) is -1.92. The Morgan fingerprint density at radius 2 is 1.69 bits per heavy atom. The molecule has 1 aliphatic carbocycles. The van der Waals surface area contributed by atoms with E-state index in [9.17, 15) is 15.8 Å². The first-order valence-electron chi connectivity index (χ1n) is 10.5. The van der Waals surface area contributed by atoms with Gasteiger partial charge in [-0.1, -0.05) is 58.4 Å². The molecule has 1 N–H and O–H groups in total. The fraction of sp³-hybridized carbons (Fsp3) is 0.360. The van der Waals surface area contributed by atoms with E-state index in [2.05, 4.69) is 34.1 Å². The van der Waals surface area contributed by atoms with Crippen LogP contribution in [0.4, 0.5) is 0 Å². The Hall–Kier alpha value is -3.18. The van der Waals surface area contributed by atoms with Crippen LogP contribution in [-0.4, -0.2) is 11.7 Å². The standard InChI is InChI=1S/C25H19BrN4O2/c26-19-8-4-7-18(11-19)21-23(13-27,14-28)24(15-29)20-12-17(16-5-2-1-3-6-16)9-10-25(20,31-21)32-22(24)30/h1-8,11,17,20-21,30H,9-10,12H2. The lowest BCUT2D eigenvalue weighted by Crippen LogP contribution is -2.60. The van der Waals surface area contributed by atoms with E-state index in [4.69, 9.17) is 14.9 Å². The van der Waals surface area contributed by atoms with Crippen LogP contribution < -0.4 is 0 Å². The van der Waals surface area contributed by atoms with Crippen LogP contribution in [0.25, 0.3) is 0 Å². The molecule has 32 heavy (non-hydrogen) atoms. The number of nitrogens with one attached hydrogen (secondary N) is 1. The lowest BCUT2D eigenvalue weighted by atomic mass is 9.50. The number of nitrogens with zero attached hydrogens (tertiary/aromatic N) is 3. The average Bonchev–Trinajstić information content (AvgIpc) is 3.03. The van der Waals surface area contributed by atoms with Crippen molar-refractivity contribution < 1.29 is 9.47 Å². The van der Waals surface area contributed by atoms with Gasteiger partial charge in [0.1, 0.15) is 6.10 Å². The summed E-state index contributed by atoms with van der Waals surface area (Å²) in [7, 11) is 0. The Kier molecular flexibility index (Phi) is 4.64. The molecule has 6 nitrogen and oxygen atoms in total. The van der Waals surface area contributed by atoms with Gasteiger partial charge >= 0.3 is 0 Å². The third kappa shape index (κ3) is 2.49. The van der Waals surface area contributed by atoms with Crippen LogP contribution in [0.2, 0.25) is 0 Å². The molecular weight excluding hydrogens is 468 g/mol. The zero-order valence-corrected chi connectivity index (χ0v) is 18.7. The molecule has 0 aromatic heterocycles. The maximum absolute atomic E-state index is 10.5. The van der Waals surface area contributed by atoms with Crippen LogP contribution in [0.15, 0.2) is 59.1 Å². The fourth-order valence-corrected chi connectivity index (χ4v) is 6.25. The summed E-state index contributed by atoms with van der Waals surface area (Å²) in [6.45, 7) is 0. The van der Waals surface area contributed by atoms with Crippen LogP contribution >= 0.6 is 15.9 Å². The van der Waals surface area contributed by atoms with Crippen molar-refractivity contribution in [2.75, 3.05) is 0 Å². The minimum atomic E-state index is -1.93. The summed E-state index contributed by atoms with van der Waals surface area (Å²) in [6.07, 6.45) is 0.700. The lowest BCUT2D eigenvalue weighted by molar-refractivity contribution is -0.296. The van der Waals surface area contributed by atoms with Crippen molar-refractivity contribution in [1.29, 1.82) is 21.2 Å². The van der Waals surface area contributed by atoms with Gasteiger partial charge in [-0.15, -0.1) is 0 Å². The van der Waals surface area contributed by atoms with E-state index < -0.39 is 28.6 Å². The summed E-state index contributed by atoms with van der Waals surface area (Å²) < 4.78 is 13.3. The van der Waals surface area contributed by atoms with Crippen LogP contribution in [0.5, 0.6) is 0 Å². The molecule has 2 aromatic rings. The molecule has 2 aliphatic heterocycles. The second kappa shape index (κ2) is 7.17. The van der Waals surface area contributed by atoms with E-state index in [0.29, 0.717) is 18.4 Å². The van der Waals surface area contributed by atoms with Gasteiger partial charge in [0.15, 0.2) is 5.41 Å². The molecule has 2 saturated heterocycles. The monoisotopic (exact) mass is 486 g/mol. The van der Waals surface area contributed by atoms with Crippen LogP contribution in [0.3, 0.4) is 0 Å². The van der Waals surface area contributed by atoms with Crippen molar-refractivity contribution in [3.05, 3.63) is 70.2 Å². The molecule has 7 heteroatoms. The predicted octanol–water partition coefficient (Wildman–Crippen LogP) is 5.35. The van der Waals surface area contributed by atoms with Gasteiger partial charge in [-0.3, -0.25) is 5.41 Å². The highest BCUT2D eigenvalue weighted by Crippen LogP contribution is 2.70. The maximum Gasteiger partial charge on any atom is 0.217 e. The largest absolute Gasteiger partial charge is 0.447 e. The van der Waals surface area contributed by atoms with E-state index in [1.165, 1.54) is 0 Å². The van der Waals surface area contributed by atoms with Gasteiger partial charge in [0.25, 0.3) is 0 Å². The van der Waals surface area contributed by atoms with E-state index >= 15 is 0 Å². The number of benzene rings is 2. The number of nitriles is 3. The van der Waals surface area contributed by atoms with E-state index in [-0.39, 0.29) is 11.8 Å². The Bertz CT molecular complexity index is 1210. The van der Waals surface area contributed by atoms with Gasteiger partial charge in [0.05, 0.1) is 24.1 Å². The van der Waals surface area contributed by atoms with Crippen molar-refractivity contribution in [2.45, 2.75) is 37.1 Å². The van der Waals surface area contributed by atoms with Crippen LogP contribution in [-0.2, 0) is 9.47 Å². The second-order valence-electron chi connectivity index (χ2n) is 8.68. The molecule has 2 bridgehead atoms. The molecule has 5 atom stereocenters.